The second-order valence-electron chi connectivity index (χ2n) is 10.1. The average molecular weight is 579 g/mol. The zero-order chi connectivity index (χ0) is 28.0. The standard InChI is InChI=1S/C29H29Cl2N7O2/c1-37-22-9-11-32-14-20(22)34-27(37)24(39)13-16-5-3-6-17(25(16)30)18-7-4-8-19(26(18)31)36-29(40)28-35-21-15-33-12-10-23(21)38(28)2/h3-8,32-33H,9-15H2,1-2H3,(H,36,40). The number of fused-ring (bicyclic) bond motifs is 2. The topological polar surface area (TPSA) is 106 Å². The largest absolute Gasteiger partial charge is 0.328 e. The predicted molar refractivity (Wildman–Crippen MR) is 155 cm³/mol. The molecular weight excluding hydrogens is 549 g/mol. The minimum atomic E-state index is -0.339. The van der Waals surface area contributed by atoms with Crippen LogP contribution in [0.5, 0.6) is 0 Å². The van der Waals surface area contributed by atoms with Crippen LogP contribution in [0.15, 0.2) is 36.4 Å². The third-order valence-corrected chi connectivity index (χ3v) is 8.53. The summed E-state index contributed by atoms with van der Waals surface area (Å²) in [5.74, 6) is 0.329. The molecule has 40 heavy (non-hydrogen) atoms. The van der Waals surface area contributed by atoms with Gasteiger partial charge in [0, 0.05) is 82.1 Å². The quantitative estimate of drug-likeness (QED) is 0.298. The van der Waals surface area contributed by atoms with E-state index in [9.17, 15) is 9.59 Å². The Labute approximate surface area is 241 Å². The van der Waals surface area contributed by atoms with Crippen LogP contribution < -0.4 is 16.0 Å². The Morgan fingerprint density at radius 2 is 1.43 bits per heavy atom. The lowest BCUT2D eigenvalue weighted by Gasteiger charge is -2.15. The number of rotatable bonds is 6. The molecule has 2 aliphatic heterocycles. The van der Waals surface area contributed by atoms with Crippen molar-refractivity contribution in [1.29, 1.82) is 0 Å². The first-order chi connectivity index (χ1) is 19.3. The number of benzene rings is 2. The number of halogens is 2. The summed E-state index contributed by atoms with van der Waals surface area (Å²) >= 11 is 13.7. The number of hydrogen-bond donors (Lipinski definition) is 3. The van der Waals surface area contributed by atoms with E-state index in [0.29, 0.717) is 57.2 Å². The molecule has 0 atom stereocenters. The van der Waals surface area contributed by atoms with Gasteiger partial charge in [-0.25, -0.2) is 9.97 Å². The average Bonchev–Trinajstić information content (AvgIpc) is 3.48. The number of nitrogens with zero attached hydrogens (tertiary/aromatic N) is 4. The van der Waals surface area contributed by atoms with E-state index in [0.717, 1.165) is 48.7 Å². The highest BCUT2D eigenvalue weighted by Gasteiger charge is 2.25. The van der Waals surface area contributed by atoms with Crippen LogP contribution in [0.3, 0.4) is 0 Å². The van der Waals surface area contributed by atoms with E-state index >= 15 is 0 Å². The van der Waals surface area contributed by atoms with Gasteiger partial charge in [0.1, 0.15) is 0 Å². The van der Waals surface area contributed by atoms with Crippen molar-refractivity contribution in [3.63, 3.8) is 0 Å². The van der Waals surface area contributed by atoms with E-state index < -0.39 is 0 Å². The molecule has 0 fully saturated rings. The van der Waals surface area contributed by atoms with Crippen molar-refractivity contribution in [1.82, 2.24) is 29.7 Å². The summed E-state index contributed by atoms with van der Waals surface area (Å²) in [6.45, 7) is 3.03. The summed E-state index contributed by atoms with van der Waals surface area (Å²) in [5, 5.41) is 10.3. The smallest absolute Gasteiger partial charge is 0.291 e. The number of hydrogen-bond acceptors (Lipinski definition) is 6. The maximum absolute atomic E-state index is 13.3. The number of amides is 1. The van der Waals surface area contributed by atoms with E-state index in [1.807, 2.05) is 53.6 Å². The van der Waals surface area contributed by atoms with Crippen LogP contribution >= 0.6 is 23.2 Å². The van der Waals surface area contributed by atoms with Crippen molar-refractivity contribution in [2.24, 2.45) is 14.1 Å². The molecule has 6 rings (SSSR count). The molecule has 0 unspecified atom stereocenters. The number of aromatic nitrogens is 4. The summed E-state index contributed by atoms with van der Waals surface area (Å²) in [6.07, 6.45) is 1.77. The zero-order valence-corrected chi connectivity index (χ0v) is 23.8. The zero-order valence-electron chi connectivity index (χ0n) is 22.3. The summed E-state index contributed by atoms with van der Waals surface area (Å²) < 4.78 is 3.74. The number of ketones is 1. The van der Waals surface area contributed by atoms with Gasteiger partial charge >= 0.3 is 0 Å². The van der Waals surface area contributed by atoms with Gasteiger partial charge in [-0.1, -0.05) is 53.5 Å². The van der Waals surface area contributed by atoms with Gasteiger partial charge < -0.3 is 25.1 Å². The third kappa shape index (κ3) is 4.73. The fraction of sp³-hybridized carbons (Fsp3) is 0.310. The minimum Gasteiger partial charge on any atom is -0.328 e. The van der Waals surface area contributed by atoms with Gasteiger partial charge in [0.05, 0.1) is 27.1 Å². The van der Waals surface area contributed by atoms with Crippen LogP contribution in [0.25, 0.3) is 11.1 Å². The second-order valence-corrected chi connectivity index (χ2v) is 10.9. The molecule has 2 aliphatic rings. The number of imidazole rings is 2. The van der Waals surface area contributed by atoms with Gasteiger partial charge in [-0.05, 0) is 11.6 Å². The van der Waals surface area contributed by atoms with Gasteiger partial charge in [0.25, 0.3) is 5.91 Å². The summed E-state index contributed by atoms with van der Waals surface area (Å²) in [7, 11) is 3.74. The van der Waals surface area contributed by atoms with E-state index in [1.54, 1.807) is 6.07 Å². The summed E-state index contributed by atoms with van der Waals surface area (Å²) in [6, 6.07) is 10.9. The number of Topliss-reactive ketones (excluding diaryl/α,β-unsaturated/α-hetero) is 1. The normalized spacial score (nSPS) is 14.5. The molecule has 0 radical (unpaired) electrons. The number of carbonyl (C=O) groups excluding carboxylic acids is 2. The highest BCUT2D eigenvalue weighted by Crippen LogP contribution is 2.39. The molecule has 11 heteroatoms. The number of carbonyl (C=O) groups is 2. The Morgan fingerprint density at radius 3 is 2.08 bits per heavy atom. The van der Waals surface area contributed by atoms with Gasteiger partial charge in [0.15, 0.2) is 11.6 Å². The maximum atomic E-state index is 13.3. The Balaban J connectivity index is 1.26. The first-order valence-corrected chi connectivity index (χ1v) is 14.0. The Kier molecular flexibility index (Phi) is 7.22. The van der Waals surface area contributed by atoms with E-state index in [1.165, 1.54) is 0 Å². The van der Waals surface area contributed by atoms with Crippen LogP contribution in [-0.4, -0.2) is 43.9 Å². The lowest BCUT2D eigenvalue weighted by atomic mass is 9.99. The van der Waals surface area contributed by atoms with Gasteiger partial charge in [-0.2, -0.15) is 0 Å². The fourth-order valence-corrected chi connectivity index (χ4v) is 6.13. The Morgan fingerprint density at radius 1 is 0.850 bits per heavy atom. The third-order valence-electron chi connectivity index (χ3n) is 7.67. The Bertz CT molecular complexity index is 1530. The molecule has 2 aromatic heterocycles. The lowest BCUT2D eigenvalue weighted by molar-refractivity contribution is 0.0978. The van der Waals surface area contributed by atoms with Gasteiger partial charge in [-0.3, -0.25) is 9.59 Å². The predicted octanol–water partition coefficient (Wildman–Crippen LogP) is 4.10. The molecule has 0 saturated heterocycles. The molecule has 0 spiro atoms. The van der Waals surface area contributed by atoms with Crippen molar-refractivity contribution >= 4 is 40.6 Å². The molecular formula is C29H29Cl2N7O2. The fourth-order valence-electron chi connectivity index (χ4n) is 5.56. The molecule has 206 valence electrons. The number of nitrogens with one attached hydrogen (secondary N) is 3. The second kappa shape index (κ2) is 10.8. The summed E-state index contributed by atoms with van der Waals surface area (Å²) in [5.41, 5.74) is 6.42. The van der Waals surface area contributed by atoms with Crippen molar-refractivity contribution < 1.29 is 9.59 Å². The van der Waals surface area contributed by atoms with Gasteiger partial charge in [0.2, 0.25) is 5.78 Å². The molecule has 0 aliphatic carbocycles. The highest BCUT2D eigenvalue weighted by atomic mass is 35.5. The molecule has 3 N–H and O–H groups in total. The van der Waals surface area contributed by atoms with Crippen LogP contribution in [0.1, 0.15) is 49.6 Å². The van der Waals surface area contributed by atoms with E-state index in [-0.39, 0.29) is 18.1 Å². The highest BCUT2D eigenvalue weighted by molar-refractivity contribution is 6.39. The first-order valence-electron chi connectivity index (χ1n) is 13.2. The van der Waals surface area contributed by atoms with Crippen molar-refractivity contribution in [3.8, 4) is 11.1 Å². The minimum absolute atomic E-state index is 0.101. The molecule has 0 saturated carbocycles. The molecule has 0 bridgehead atoms. The van der Waals surface area contributed by atoms with Crippen molar-refractivity contribution in [3.05, 3.63) is 86.4 Å². The van der Waals surface area contributed by atoms with Crippen LogP contribution in [0.4, 0.5) is 5.69 Å². The maximum Gasteiger partial charge on any atom is 0.291 e. The Hall–Kier alpha value is -3.50. The molecule has 2 aromatic carbocycles. The molecule has 1 amide bonds. The van der Waals surface area contributed by atoms with Crippen LogP contribution in [0.2, 0.25) is 10.0 Å². The summed E-state index contributed by atoms with van der Waals surface area (Å²) in [4.78, 5) is 35.6. The van der Waals surface area contributed by atoms with Crippen LogP contribution in [-0.2, 0) is 46.4 Å². The molecule has 4 heterocycles. The van der Waals surface area contributed by atoms with Crippen LogP contribution in [0, 0.1) is 0 Å². The van der Waals surface area contributed by atoms with E-state index in [2.05, 4.69) is 25.9 Å². The first kappa shape index (κ1) is 26.7. The monoisotopic (exact) mass is 577 g/mol. The van der Waals surface area contributed by atoms with Gasteiger partial charge in [-0.15, -0.1) is 0 Å². The van der Waals surface area contributed by atoms with E-state index in [4.69, 9.17) is 23.2 Å². The lowest BCUT2D eigenvalue weighted by Crippen LogP contribution is -2.24. The molecule has 4 aromatic rings. The SMILES string of the molecule is Cn1c(C(=O)Cc2cccc(-c3cccc(NC(=O)c4nc5c(n4C)CCNC5)c3Cl)c2Cl)nc2c1CCNC2. The molecule has 9 nitrogen and oxygen atoms in total. The number of anilines is 1. The van der Waals surface area contributed by atoms with Crippen molar-refractivity contribution in [2.75, 3.05) is 18.4 Å². The van der Waals surface area contributed by atoms with Crippen molar-refractivity contribution in [2.45, 2.75) is 32.4 Å².